The van der Waals surface area contributed by atoms with E-state index in [4.69, 9.17) is 11.5 Å². The summed E-state index contributed by atoms with van der Waals surface area (Å²) in [6, 6.07) is 2.44. The van der Waals surface area contributed by atoms with Crippen LogP contribution in [0.4, 0.5) is 0 Å². The molecule has 0 aromatic heterocycles. The maximum absolute atomic E-state index is 13.3. The van der Waals surface area contributed by atoms with Crippen molar-refractivity contribution in [3.8, 4) is 0 Å². The Bertz CT molecular complexity index is 1230. The molecule has 0 radical (unpaired) electrons. The van der Waals surface area contributed by atoms with Crippen LogP contribution in [0.1, 0.15) is 50.7 Å². The number of carbonyl (C=O) groups excluding carboxylic acids is 5. The highest BCUT2D eigenvalue weighted by Gasteiger charge is 2.38. The van der Waals surface area contributed by atoms with Crippen LogP contribution in [0.25, 0.3) is 0 Å². The summed E-state index contributed by atoms with van der Waals surface area (Å²) in [4.78, 5) is 78.4. The van der Waals surface area contributed by atoms with Gasteiger partial charge in [-0.05, 0) is 36.3 Å². The molecule has 0 aliphatic carbocycles. The van der Waals surface area contributed by atoms with Gasteiger partial charge < -0.3 is 37.4 Å². The van der Waals surface area contributed by atoms with Crippen LogP contribution < -0.4 is 27.4 Å². The number of primary amides is 1. The lowest BCUT2D eigenvalue weighted by molar-refractivity contribution is -0.143. The minimum atomic E-state index is -1.52. The largest absolute Gasteiger partial charge is 0.481 e. The van der Waals surface area contributed by atoms with Crippen molar-refractivity contribution in [1.29, 1.82) is 0 Å². The molecule has 5 atom stereocenters. The van der Waals surface area contributed by atoms with E-state index in [9.17, 15) is 33.9 Å². The molecule has 0 spiro atoms. The summed E-state index contributed by atoms with van der Waals surface area (Å²) in [6.07, 6.45) is 0.307. The average molecular weight is 651 g/mol. The number of nitrogens with two attached hydrogens (primary N) is 2. The third kappa shape index (κ3) is 10.4. The van der Waals surface area contributed by atoms with Crippen LogP contribution in [0.5, 0.6) is 0 Å². The standard InChI is InChI=1S/C29H42N6O7S2/c1-16(2)9-20-26(39)34-22(25(31)38)15-44-13-18-6-3-5-17(10-18)12-43-14-19(30)29(42)35-8-4-7-23(35)28(41)33-21(11-24(36)37)27(40)32-20/h3,5-6,10,16,19-23H,4,7-9,11-15,30H2,1-2H3,(H2,31,38)(H,32,40)(H,33,41)(H,34,39)(H,36,37)/t19-,20-,21-,22-,23-/m0/s1. The first-order valence-electron chi connectivity index (χ1n) is 14.6. The predicted molar refractivity (Wildman–Crippen MR) is 168 cm³/mol. The summed E-state index contributed by atoms with van der Waals surface area (Å²) in [5.41, 5.74) is 13.9. The van der Waals surface area contributed by atoms with Gasteiger partial charge in [0.1, 0.15) is 24.2 Å². The lowest BCUT2D eigenvalue weighted by atomic mass is 10.0. The molecule has 2 heterocycles. The van der Waals surface area contributed by atoms with Crippen molar-refractivity contribution >= 4 is 59.0 Å². The van der Waals surface area contributed by atoms with Crippen molar-refractivity contribution in [2.75, 3.05) is 18.1 Å². The van der Waals surface area contributed by atoms with Crippen LogP contribution in [0.2, 0.25) is 0 Å². The van der Waals surface area contributed by atoms with Crippen molar-refractivity contribution in [2.24, 2.45) is 17.4 Å². The summed E-state index contributed by atoms with van der Waals surface area (Å²) in [5.74, 6) is -3.07. The van der Waals surface area contributed by atoms with Crippen molar-refractivity contribution < 1.29 is 33.9 Å². The number of benzene rings is 1. The van der Waals surface area contributed by atoms with Gasteiger partial charge in [-0.15, -0.1) is 0 Å². The molecule has 13 nitrogen and oxygen atoms in total. The van der Waals surface area contributed by atoms with E-state index in [0.717, 1.165) is 11.1 Å². The Hall–Kier alpha value is -3.30. The topological polar surface area (TPSA) is 214 Å². The number of hydrogen-bond donors (Lipinski definition) is 6. The number of carboxylic acids is 1. The highest BCUT2D eigenvalue weighted by Crippen LogP contribution is 2.22. The SMILES string of the molecule is CC(C)C[C@@H]1NC(=O)[C@H](CC(=O)O)NC(=O)[C@@H]2CCCN2C(=O)[C@@H](N)CSCc2cccc(c2)CSC[C@@H](C(N)=O)NC1=O. The van der Waals surface area contributed by atoms with E-state index in [1.807, 2.05) is 38.1 Å². The summed E-state index contributed by atoms with van der Waals surface area (Å²) in [5, 5.41) is 17.2. The highest BCUT2D eigenvalue weighted by atomic mass is 32.2. The number of nitrogens with one attached hydrogen (secondary N) is 3. The quantitative estimate of drug-likeness (QED) is 0.250. The lowest BCUT2D eigenvalue weighted by Crippen LogP contribution is -2.59. The Balaban J connectivity index is 1.90. The van der Waals surface area contributed by atoms with Crippen LogP contribution in [-0.2, 0) is 40.3 Å². The van der Waals surface area contributed by atoms with Gasteiger partial charge in [0.2, 0.25) is 29.5 Å². The number of carboxylic acid groups (broad SMARTS) is 1. The maximum atomic E-state index is 13.3. The van der Waals surface area contributed by atoms with Gasteiger partial charge in [0.25, 0.3) is 0 Å². The molecule has 0 unspecified atom stereocenters. The van der Waals surface area contributed by atoms with Crippen LogP contribution in [0.3, 0.4) is 0 Å². The molecule has 1 fully saturated rings. The monoisotopic (exact) mass is 650 g/mol. The molecule has 44 heavy (non-hydrogen) atoms. The zero-order valence-corrected chi connectivity index (χ0v) is 26.6. The van der Waals surface area contributed by atoms with Gasteiger partial charge in [0, 0.05) is 29.6 Å². The first-order valence-corrected chi connectivity index (χ1v) is 16.9. The Kier molecular flexibility index (Phi) is 13.3. The number of rotatable bonds is 5. The molecule has 1 saturated heterocycles. The van der Waals surface area contributed by atoms with Crippen LogP contribution in [0.15, 0.2) is 24.3 Å². The van der Waals surface area contributed by atoms with E-state index in [2.05, 4.69) is 16.0 Å². The minimum Gasteiger partial charge on any atom is -0.481 e. The van der Waals surface area contributed by atoms with Crippen molar-refractivity contribution in [3.63, 3.8) is 0 Å². The molecule has 8 N–H and O–H groups in total. The Morgan fingerprint density at radius 2 is 1.59 bits per heavy atom. The van der Waals surface area contributed by atoms with E-state index >= 15 is 0 Å². The predicted octanol–water partition coefficient (Wildman–Crippen LogP) is -0.0546. The van der Waals surface area contributed by atoms with Crippen molar-refractivity contribution in [2.45, 2.75) is 81.2 Å². The third-order valence-electron chi connectivity index (χ3n) is 7.28. The van der Waals surface area contributed by atoms with Crippen molar-refractivity contribution in [1.82, 2.24) is 20.9 Å². The first-order chi connectivity index (χ1) is 20.8. The van der Waals surface area contributed by atoms with Gasteiger partial charge in [-0.1, -0.05) is 38.1 Å². The molecular formula is C29H42N6O7S2. The number of carbonyl (C=O) groups is 6. The molecule has 2 bridgehead atoms. The number of nitrogens with zero attached hydrogens (tertiary/aromatic N) is 1. The summed E-state index contributed by atoms with van der Waals surface area (Å²) < 4.78 is 0. The van der Waals surface area contributed by atoms with Gasteiger partial charge in [-0.3, -0.25) is 28.8 Å². The number of thioether (sulfide) groups is 2. The summed E-state index contributed by atoms with van der Waals surface area (Å²) in [6.45, 7) is 3.98. The van der Waals surface area contributed by atoms with E-state index in [1.54, 1.807) is 0 Å². The smallest absolute Gasteiger partial charge is 0.305 e. The molecule has 2 aliphatic heterocycles. The fourth-order valence-corrected chi connectivity index (χ4v) is 7.04. The first kappa shape index (κ1) is 35.2. The molecule has 2 aliphatic rings. The molecule has 0 saturated carbocycles. The van der Waals surface area contributed by atoms with E-state index in [1.165, 1.54) is 28.4 Å². The van der Waals surface area contributed by atoms with Crippen LogP contribution in [-0.4, -0.2) is 93.8 Å². The zero-order chi connectivity index (χ0) is 32.4. The summed E-state index contributed by atoms with van der Waals surface area (Å²) in [7, 11) is 0. The summed E-state index contributed by atoms with van der Waals surface area (Å²) >= 11 is 2.89. The molecule has 1 aromatic carbocycles. The Labute approximate surface area is 265 Å². The van der Waals surface area contributed by atoms with Crippen LogP contribution in [0, 0.1) is 5.92 Å². The Morgan fingerprint density at radius 1 is 0.977 bits per heavy atom. The second-order valence-electron chi connectivity index (χ2n) is 11.5. The molecule has 1 aromatic rings. The number of amides is 5. The number of fused-ring (bicyclic) bond motifs is 3. The minimum absolute atomic E-state index is 0.0637. The van der Waals surface area contributed by atoms with Gasteiger partial charge in [0.15, 0.2) is 0 Å². The molecule has 15 heteroatoms. The zero-order valence-electron chi connectivity index (χ0n) is 25.0. The normalized spacial score (nSPS) is 26.5. The second kappa shape index (κ2) is 16.7. The van der Waals surface area contributed by atoms with Crippen LogP contribution >= 0.6 is 23.5 Å². The maximum Gasteiger partial charge on any atom is 0.305 e. The van der Waals surface area contributed by atoms with E-state index < -0.39 is 66.2 Å². The molecular weight excluding hydrogens is 608 g/mol. The molecule has 3 rings (SSSR count). The van der Waals surface area contributed by atoms with Crippen molar-refractivity contribution in [3.05, 3.63) is 35.4 Å². The third-order valence-corrected chi connectivity index (χ3v) is 9.52. The van der Waals surface area contributed by atoms with Gasteiger partial charge in [-0.2, -0.15) is 23.5 Å². The average Bonchev–Trinajstić information content (AvgIpc) is 3.45. The molecule has 5 amide bonds. The molecule has 242 valence electrons. The Morgan fingerprint density at radius 3 is 2.20 bits per heavy atom. The number of hydrogen-bond acceptors (Lipinski definition) is 9. The van der Waals surface area contributed by atoms with Gasteiger partial charge >= 0.3 is 5.97 Å². The fourth-order valence-electron chi connectivity index (χ4n) is 5.09. The van der Waals surface area contributed by atoms with E-state index in [-0.39, 0.29) is 24.0 Å². The number of aliphatic carboxylic acids is 1. The lowest BCUT2D eigenvalue weighted by Gasteiger charge is -2.29. The second-order valence-corrected chi connectivity index (χ2v) is 13.5. The highest BCUT2D eigenvalue weighted by molar-refractivity contribution is 7.98. The van der Waals surface area contributed by atoms with Gasteiger partial charge in [-0.25, -0.2) is 0 Å². The fraction of sp³-hybridized carbons (Fsp3) is 0.586. The van der Waals surface area contributed by atoms with Gasteiger partial charge in [0.05, 0.1) is 12.5 Å². The van der Waals surface area contributed by atoms with E-state index in [0.29, 0.717) is 36.6 Å².